The van der Waals surface area contributed by atoms with Crippen LogP contribution < -0.4 is 5.32 Å². The van der Waals surface area contributed by atoms with Crippen molar-refractivity contribution in [1.82, 2.24) is 20.1 Å². The molecule has 2 aliphatic heterocycles. The number of hydrogen-bond donors (Lipinski definition) is 1. The van der Waals surface area contributed by atoms with Crippen LogP contribution in [0, 0.1) is 0 Å². The van der Waals surface area contributed by atoms with E-state index in [1.807, 2.05) is 45.5 Å². The second-order valence-corrected chi connectivity index (χ2v) is 7.57. The molecule has 1 N–H and O–H groups in total. The largest absolute Gasteiger partial charge is 0.336 e. The molecule has 2 fully saturated rings. The Bertz CT molecular complexity index is 792. The Labute approximate surface area is 156 Å². The van der Waals surface area contributed by atoms with Gasteiger partial charge in [0, 0.05) is 43.2 Å². The van der Waals surface area contributed by atoms with Gasteiger partial charge in [-0.15, -0.1) is 11.3 Å². The number of thiazole rings is 1. The highest BCUT2D eigenvalue weighted by atomic mass is 32.1. The van der Waals surface area contributed by atoms with Gasteiger partial charge in [0.25, 0.3) is 5.91 Å². The lowest BCUT2D eigenvalue weighted by atomic mass is 10.0. The van der Waals surface area contributed by atoms with Crippen molar-refractivity contribution < 1.29 is 9.59 Å². The molecule has 0 saturated carbocycles. The third-order valence-electron chi connectivity index (χ3n) is 4.99. The molecular formula is C19H22N4O2S. The predicted molar refractivity (Wildman–Crippen MR) is 101 cm³/mol. The first-order valence-electron chi connectivity index (χ1n) is 9.03. The molecule has 0 spiro atoms. The maximum atomic E-state index is 12.9. The van der Waals surface area contributed by atoms with Crippen molar-refractivity contribution in [2.45, 2.75) is 18.9 Å². The molecule has 136 valence electrons. The molecule has 0 radical (unpaired) electrons. The van der Waals surface area contributed by atoms with Crippen molar-refractivity contribution in [2.24, 2.45) is 0 Å². The van der Waals surface area contributed by atoms with Crippen LogP contribution >= 0.6 is 11.3 Å². The Kier molecular flexibility index (Phi) is 4.99. The van der Waals surface area contributed by atoms with E-state index in [-0.39, 0.29) is 17.9 Å². The minimum Gasteiger partial charge on any atom is -0.336 e. The number of carbonyl (C=O) groups is 2. The zero-order chi connectivity index (χ0) is 17.9. The van der Waals surface area contributed by atoms with Gasteiger partial charge in [0.2, 0.25) is 5.91 Å². The number of benzene rings is 1. The zero-order valence-corrected chi connectivity index (χ0v) is 15.4. The van der Waals surface area contributed by atoms with Gasteiger partial charge in [0.15, 0.2) is 0 Å². The average molecular weight is 370 g/mol. The van der Waals surface area contributed by atoms with Crippen molar-refractivity contribution >= 4 is 23.2 Å². The summed E-state index contributed by atoms with van der Waals surface area (Å²) in [7, 11) is 0. The van der Waals surface area contributed by atoms with Crippen LogP contribution in [0.15, 0.2) is 35.7 Å². The monoisotopic (exact) mass is 370 g/mol. The predicted octanol–water partition coefficient (Wildman–Crippen LogP) is 1.85. The summed E-state index contributed by atoms with van der Waals surface area (Å²) in [5.41, 5.74) is 1.53. The third kappa shape index (κ3) is 3.50. The summed E-state index contributed by atoms with van der Waals surface area (Å²) < 4.78 is 0. The number of piperazine rings is 1. The van der Waals surface area contributed by atoms with Gasteiger partial charge in [-0.25, -0.2) is 4.98 Å². The first kappa shape index (κ1) is 17.2. The zero-order valence-electron chi connectivity index (χ0n) is 14.6. The second kappa shape index (κ2) is 7.55. The number of likely N-dealkylation sites (tertiary alicyclic amines) is 1. The lowest BCUT2D eigenvalue weighted by molar-refractivity contribution is -0.135. The molecule has 3 heterocycles. The highest BCUT2D eigenvalue weighted by Crippen LogP contribution is 2.25. The highest BCUT2D eigenvalue weighted by molar-refractivity contribution is 7.13. The van der Waals surface area contributed by atoms with Crippen LogP contribution in [0.1, 0.15) is 23.3 Å². The topological polar surface area (TPSA) is 65.5 Å². The smallest absolute Gasteiger partial charge is 0.273 e. The Morgan fingerprint density at radius 3 is 2.88 bits per heavy atom. The minimum atomic E-state index is -0.0317. The minimum absolute atomic E-state index is 0.0317. The molecule has 2 saturated heterocycles. The average Bonchev–Trinajstić information content (AvgIpc) is 3.19. The van der Waals surface area contributed by atoms with E-state index in [0.29, 0.717) is 18.8 Å². The van der Waals surface area contributed by atoms with Crippen LogP contribution in [0.2, 0.25) is 0 Å². The number of amides is 2. The normalized spacial score (nSPS) is 21.1. The lowest BCUT2D eigenvalue weighted by Crippen LogP contribution is -2.57. The maximum absolute atomic E-state index is 12.9. The van der Waals surface area contributed by atoms with Crippen molar-refractivity contribution in [3.8, 4) is 10.6 Å². The summed E-state index contributed by atoms with van der Waals surface area (Å²) in [4.78, 5) is 33.4. The summed E-state index contributed by atoms with van der Waals surface area (Å²) >= 11 is 1.49. The van der Waals surface area contributed by atoms with Crippen LogP contribution in [0.4, 0.5) is 0 Å². The standard InChI is InChI=1S/C19H22N4O2S/c24-17-11-20-8-10-23(17)15-7-4-9-22(12-15)19(25)16-13-26-18(21-16)14-5-2-1-3-6-14/h1-3,5-6,13,15,20H,4,7-12H2. The fourth-order valence-electron chi connectivity index (χ4n) is 3.65. The summed E-state index contributed by atoms with van der Waals surface area (Å²) in [5.74, 6) is 0.103. The van der Waals surface area contributed by atoms with Gasteiger partial charge in [-0.1, -0.05) is 30.3 Å². The van der Waals surface area contributed by atoms with E-state index in [1.165, 1.54) is 11.3 Å². The lowest BCUT2D eigenvalue weighted by Gasteiger charge is -2.40. The van der Waals surface area contributed by atoms with Gasteiger partial charge in [-0.05, 0) is 12.8 Å². The Hall–Kier alpha value is -2.25. The highest BCUT2D eigenvalue weighted by Gasteiger charge is 2.32. The summed E-state index contributed by atoms with van der Waals surface area (Å²) in [5, 5.41) is 5.80. The second-order valence-electron chi connectivity index (χ2n) is 6.72. The summed E-state index contributed by atoms with van der Waals surface area (Å²) in [6, 6.07) is 10.0. The van der Waals surface area contributed by atoms with E-state index in [1.54, 1.807) is 0 Å². The van der Waals surface area contributed by atoms with Gasteiger partial charge in [0.05, 0.1) is 6.54 Å². The SMILES string of the molecule is O=C(c1csc(-c2ccccc2)n1)N1CCCC(N2CCNCC2=O)C1. The Balaban J connectivity index is 1.46. The molecule has 1 aromatic heterocycles. The molecule has 1 aromatic carbocycles. The fraction of sp³-hybridized carbons (Fsp3) is 0.421. The van der Waals surface area contributed by atoms with Crippen molar-refractivity contribution in [3.63, 3.8) is 0 Å². The van der Waals surface area contributed by atoms with Crippen molar-refractivity contribution in [2.75, 3.05) is 32.7 Å². The molecule has 7 heteroatoms. The van der Waals surface area contributed by atoms with Gasteiger partial charge >= 0.3 is 0 Å². The molecule has 2 aliphatic rings. The van der Waals surface area contributed by atoms with Crippen LogP contribution in [0.3, 0.4) is 0 Å². The van der Waals surface area contributed by atoms with Crippen LogP contribution in [-0.2, 0) is 4.79 Å². The van der Waals surface area contributed by atoms with E-state index in [4.69, 9.17) is 0 Å². The quantitative estimate of drug-likeness (QED) is 0.896. The van der Waals surface area contributed by atoms with Crippen LogP contribution in [0.5, 0.6) is 0 Å². The maximum Gasteiger partial charge on any atom is 0.273 e. The molecular weight excluding hydrogens is 348 g/mol. The molecule has 0 bridgehead atoms. The molecule has 1 unspecified atom stereocenters. The van der Waals surface area contributed by atoms with Gasteiger partial charge in [-0.2, -0.15) is 0 Å². The summed E-state index contributed by atoms with van der Waals surface area (Å²) in [6.45, 7) is 3.27. The molecule has 1 atom stereocenters. The van der Waals surface area contributed by atoms with E-state index >= 15 is 0 Å². The molecule has 0 aliphatic carbocycles. The number of piperidine rings is 1. The van der Waals surface area contributed by atoms with Gasteiger partial charge < -0.3 is 15.1 Å². The van der Waals surface area contributed by atoms with E-state index in [2.05, 4.69) is 10.3 Å². The number of carbonyl (C=O) groups excluding carboxylic acids is 2. The number of nitrogens with one attached hydrogen (secondary N) is 1. The Morgan fingerprint density at radius 1 is 1.23 bits per heavy atom. The molecule has 2 amide bonds. The molecule has 26 heavy (non-hydrogen) atoms. The first-order chi connectivity index (χ1) is 12.7. The molecule has 4 rings (SSSR count). The fourth-order valence-corrected chi connectivity index (χ4v) is 4.45. The number of nitrogens with zero attached hydrogens (tertiary/aromatic N) is 3. The van der Waals surface area contributed by atoms with Crippen LogP contribution in [-0.4, -0.2) is 65.4 Å². The summed E-state index contributed by atoms with van der Waals surface area (Å²) in [6.07, 6.45) is 1.88. The van der Waals surface area contributed by atoms with E-state index < -0.39 is 0 Å². The molecule has 6 nitrogen and oxygen atoms in total. The van der Waals surface area contributed by atoms with Gasteiger partial charge in [0.1, 0.15) is 10.7 Å². The number of aromatic nitrogens is 1. The van der Waals surface area contributed by atoms with E-state index in [0.717, 1.165) is 43.0 Å². The Morgan fingerprint density at radius 2 is 2.08 bits per heavy atom. The first-order valence-corrected chi connectivity index (χ1v) is 9.91. The van der Waals surface area contributed by atoms with Crippen LogP contribution in [0.25, 0.3) is 10.6 Å². The van der Waals surface area contributed by atoms with Crippen molar-refractivity contribution in [3.05, 3.63) is 41.4 Å². The third-order valence-corrected chi connectivity index (χ3v) is 5.89. The molecule has 2 aromatic rings. The van der Waals surface area contributed by atoms with Crippen molar-refractivity contribution in [1.29, 1.82) is 0 Å². The van der Waals surface area contributed by atoms with Gasteiger partial charge in [-0.3, -0.25) is 9.59 Å². The number of hydrogen-bond acceptors (Lipinski definition) is 5. The van der Waals surface area contributed by atoms with E-state index in [9.17, 15) is 9.59 Å². The number of rotatable bonds is 3.